The first-order valence-electron chi connectivity index (χ1n) is 10.8. The summed E-state index contributed by atoms with van der Waals surface area (Å²) in [4.78, 5) is 24.8. The number of nitrogens with zero attached hydrogens (tertiary/aromatic N) is 5. The van der Waals surface area contributed by atoms with Crippen LogP contribution in [0.3, 0.4) is 0 Å². The standard InChI is InChI=1S/C27H20N6O2/c34-25(31-22-10-12-24(13-11-22)35-27-29-16-5-17-30-27)14-9-21-19-33(23-7-2-1-3-8-23)32-26(21)20-6-4-15-28-18-20/h1-19H,(H,31,34). The van der Waals surface area contributed by atoms with Crippen LogP contribution in [0.5, 0.6) is 11.8 Å². The lowest BCUT2D eigenvalue weighted by Crippen LogP contribution is -2.07. The van der Waals surface area contributed by atoms with E-state index in [1.807, 2.05) is 48.7 Å². The number of hydrogen-bond donors (Lipinski definition) is 1. The van der Waals surface area contributed by atoms with E-state index in [-0.39, 0.29) is 11.9 Å². The van der Waals surface area contributed by atoms with Crippen LogP contribution < -0.4 is 10.1 Å². The minimum atomic E-state index is -0.269. The number of ether oxygens (including phenoxy) is 1. The van der Waals surface area contributed by atoms with Gasteiger partial charge < -0.3 is 10.1 Å². The van der Waals surface area contributed by atoms with E-state index in [9.17, 15) is 4.79 Å². The third-order valence-electron chi connectivity index (χ3n) is 4.99. The molecule has 0 saturated carbocycles. The Morgan fingerprint density at radius 3 is 2.43 bits per heavy atom. The fourth-order valence-corrected chi connectivity index (χ4v) is 3.35. The number of anilines is 1. The van der Waals surface area contributed by atoms with Crippen molar-refractivity contribution in [1.82, 2.24) is 24.7 Å². The zero-order valence-corrected chi connectivity index (χ0v) is 18.5. The molecule has 5 aromatic rings. The summed E-state index contributed by atoms with van der Waals surface area (Å²) in [6.07, 6.45) is 11.8. The molecule has 3 aromatic heterocycles. The first-order chi connectivity index (χ1) is 17.2. The third kappa shape index (κ3) is 5.45. The molecule has 35 heavy (non-hydrogen) atoms. The van der Waals surface area contributed by atoms with Gasteiger partial charge in [-0.3, -0.25) is 9.78 Å². The van der Waals surface area contributed by atoms with Crippen LogP contribution in [0.25, 0.3) is 23.0 Å². The maximum atomic E-state index is 12.6. The summed E-state index contributed by atoms with van der Waals surface area (Å²) in [5.41, 5.74) is 3.94. The second-order valence-corrected chi connectivity index (χ2v) is 7.44. The van der Waals surface area contributed by atoms with Crippen molar-refractivity contribution < 1.29 is 9.53 Å². The molecule has 0 unspecified atom stereocenters. The number of aromatic nitrogens is 5. The van der Waals surface area contributed by atoms with E-state index >= 15 is 0 Å². The van der Waals surface area contributed by atoms with Crippen molar-refractivity contribution in [2.24, 2.45) is 0 Å². The highest BCUT2D eigenvalue weighted by atomic mass is 16.5. The second-order valence-electron chi connectivity index (χ2n) is 7.44. The molecule has 0 spiro atoms. The lowest BCUT2D eigenvalue weighted by atomic mass is 10.1. The van der Waals surface area contributed by atoms with E-state index in [2.05, 4.69) is 20.3 Å². The highest BCUT2D eigenvalue weighted by Crippen LogP contribution is 2.24. The van der Waals surface area contributed by atoms with E-state index in [1.54, 1.807) is 65.9 Å². The van der Waals surface area contributed by atoms with Crippen molar-refractivity contribution >= 4 is 17.7 Å². The number of carbonyl (C=O) groups is 1. The van der Waals surface area contributed by atoms with E-state index in [1.165, 1.54) is 6.08 Å². The maximum absolute atomic E-state index is 12.6. The highest BCUT2D eigenvalue weighted by Gasteiger charge is 2.11. The van der Waals surface area contributed by atoms with Crippen LogP contribution in [0.15, 0.2) is 110 Å². The summed E-state index contributed by atoms with van der Waals surface area (Å²) >= 11 is 0. The summed E-state index contributed by atoms with van der Waals surface area (Å²) in [6, 6.07) is 22.5. The summed E-state index contributed by atoms with van der Waals surface area (Å²) in [6.45, 7) is 0. The van der Waals surface area contributed by atoms with Crippen LogP contribution in [-0.2, 0) is 4.79 Å². The van der Waals surface area contributed by atoms with Gasteiger partial charge in [-0.25, -0.2) is 14.6 Å². The van der Waals surface area contributed by atoms with Crippen molar-refractivity contribution in [1.29, 1.82) is 0 Å². The minimum absolute atomic E-state index is 0.257. The molecule has 170 valence electrons. The molecule has 2 aromatic carbocycles. The zero-order valence-electron chi connectivity index (χ0n) is 18.5. The van der Waals surface area contributed by atoms with E-state index in [0.29, 0.717) is 11.4 Å². The molecule has 8 heteroatoms. The highest BCUT2D eigenvalue weighted by molar-refractivity contribution is 6.02. The molecule has 0 fully saturated rings. The SMILES string of the molecule is O=C(C=Cc1cn(-c2ccccc2)nc1-c1cccnc1)Nc1ccc(Oc2ncccn2)cc1. The van der Waals surface area contributed by atoms with Crippen LogP contribution in [0.4, 0.5) is 5.69 Å². The molecular formula is C27H20N6O2. The number of hydrogen-bond acceptors (Lipinski definition) is 6. The predicted octanol–water partition coefficient (Wildman–Crippen LogP) is 5.17. The lowest BCUT2D eigenvalue weighted by molar-refractivity contribution is -0.111. The van der Waals surface area contributed by atoms with Gasteiger partial charge in [0.15, 0.2) is 0 Å². The number of nitrogens with one attached hydrogen (secondary N) is 1. The van der Waals surface area contributed by atoms with Crippen LogP contribution in [0.1, 0.15) is 5.56 Å². The van der Waals surface area contributed by atoms with Crippen molar-refractivity contribution in [2.45, 2.75) is 0 Å². The smallest absolute Gasteiger partial charge is 0.321 e. The maximum Gasteiger partial charge on any atom is 0.321 e. The number of amides is 1. The summed E-state index contributed by atoms with van der Waals surface area (Å²) in [7, 11) is 0. The van der Waals surface area contributed by atoms with Crippen LogP contribution in [-0.4, -0.2) is 30.6 Å². The summed E-state index contributed by atoms with van der Waals surface area (Å²) in [5, 5.41) is 7.58. The number of carbonyl (C=O) groups excluding carboxylic acids is 1. The Kier molecular flexibility index (Phi) is 6.34. The van der Waals surface area contributed by atoms with Gasteiger partial charge in [-0.05, 0) is 60.7 Å². The van der Waals surface area contributed by atoms with Gasteiger partial charge in [-0.1, -0.05) is 18.2 Å². The first-order valence-corrected chi connectivity index (χ1v) is 10.8. The van der Waals surface area contributed by atoms with Gasteiger partial charge in [0.1, 0.15) is 11.4 Å². The van der Waals surface area contributed by atoms with Crippen molar-refractivity contribution in [3.8, 4) is 28.7 Å². The Morgan fingerprint density at radius 2 is 1.69 bits per heavy atom. The van der Waals surface area contributed by atoms with E-state index in [4.69, 9.17) is 9.84 Å². The summed E-state index contributed by atoms with van der Waals surface area (Å²) in [5.74, 6) is 0.300. The molecule has 0 atom stereocenters. The Hall–Kier alpha value is -5.11. The predicted molar refractivity (Wildman–Crippen MR) is 133 cm³/mol. The Morgan fingerprint density at radius 1 is 0.886 bits per heavy atom. The van der Waals surface area contributed by atoms with Crippen molar-refractivity contribution in [3.63, 3.8) is 0 Å². The van der Waals surface area contributed by atoms with Gasteiger partial charge in [0, 0.05) is 53.9 Å². The van der Waals surface area contributed by atoms with E-state index in [0.717, 1.165) is 22.5 Å². The quantitative estimate of drug-likeness (QED) is 0.337. The molecule has 0 saturated heterocycles. The largest absolute Gasteiger partial charge is 0.424 e. The van der Waals surface area contributed by atoms with Gasteiger partial charge >= 0.3 is 6.01 Å². The van der Waals surface area contributed by atoms with E-state index < -0.39 is 0 Å². The minimum Gasteiger partial charge on any atom is -0.424 e. The van der Waals surface area contributed by atoms with Crippen molar-refractivity contribution in [2.75, 3.05) is 5.32 Å². The average molecular weight is 460 g/mol. The Balaban J connectivity index is 1.31. The molecule has 1 N–H and O–H groups in total. The molecule has 8 nitrogen and oxygen atoms in total. The van der Waals surface area contributed by atoms with Gasteiger partial charge in [0.05, 0.1) is 5.69 Å². The lowest BCUT2D eigenvalue weighted by Gasteiger charge is -2.05. The Bertz CT molecular complexity index is 1430. The third-order valence-corrected chi connectivity index (χ3v) is 4.99. The second kappa shape index (κ2) is 10.2. The number of benzene rings is 2. The van der Waals surface area contributed by atoms with Crippen LogP contribution >= 0.6 is 0 Å². The molecule has 3 heterocycles. The molecule has 0 aliphatic heterocycles. The fourth-order valence-electron chi connectivity index (χ4n) is 3.35. The number of rotatable bonds is 7. The van der Waals surface area contributed by atoms with Gasteiger partial charge in [-0.2, -0.15) is 5.10 Å². The molecule has 0 aliphatic carbocycles. The monoisotopic (exact) mass is 460 g/mol. The Labute approximate surface area is 201 Å². The van der Waals surface area contributed by atoms with Crippen LogP contribution in [0, 0.1) is 0 Å². The molecule has 5 rings (SSSR count). The summed E-state index contributed by atoms with van der Waals surface area (Å²) < 4.78 is 7.36. The molecule has 1 amide bonds. The number of para-hydroxylation sites is 1. The molecule has 0 aliphatic rings. The van der Waals surface area contributed by atoms with Gasteiger partial charge in [0.25, 0.3) is 0 Å². The number of pyridine rings is 1. The molecule has 0 bridgehead atoms. The first kappa shape index (κ1) is 21.7. The molecular weight excluding hydrogens is 440 g/mol. The zero-order chi connectivity index (χ0) is 23.9. The van der Waals surface area contributed by atoms with Gasteiger partial charge in [-0.15, -0.1) is 0 Å². The molecule has 0 radical (unpaired) electrons. The van der Waals surface area contributed by atoms with Crippen molar-refractivity contribution in [3.05, 3.63) is 115 Å². The normalized spacial score (nSPS) is 10.9. The van der Waals surface area contributed by atoms with Crippen LogP contribution in [0.2, 0.25) is 0 Å². The van der Waals surface area contributed by atoms with Gasteiger partial charge in [0.2, 0.25) is 5.91 Å². The topological polar surface area (TPSA) is 94.8 Å². The average Bonchev–Trinajstić information content (AvgIpc) is 3.35. The fraction of sp³-hybridized carbons (Fsp3) is 0.